The van der Waals surface area contributed by atoms with Crippen LogP contribution in [0.1, 0.15) is 21.5 Å². The highest BCUT2D eigenvalue weighted by atomic mass is 19.4. The molecule has 8 nitrogen and oxygen atoms in total. The average Bonchev–Trinajstić information content (AvgIpc) is 2.84. The number of rotatable bonds is 6. The second-order valence-electron chi connectivity index (χ2n) is 6.89. The predicted molar refractivity (Wildman–Crippen MR) is 120 cm³/mol. The van der Waals surface area contributed by atoms with Gasteiger partial charge in [-0.05, 0) is 54.1 Å². The Balaban J connectivity index is 1.56. The van der Waals surface area contributed by atoms with Gasteiger partial charge in [0.1, 0.15) is 17.1 Å². The van der Waals surface area contributed by atoms with Crippen molar-refractivity contribution < 1.29 is 37.0 Å². The van der Waals surface area contributed by atoms with Crippen LogP contribution in [0.4, 0.5) is 18.9 Å². The first-order valence-corrected chi connectivity index (χ1v) is 9.94. The van der Waals surface area contributed by atoms with Gasteiger partial charge in [0.15, 0.2) is 0 Å². The van der Waals surface area contributed by atoms with Gasteiger partial charge in [-0.3, -0.25) is 9.59 Å². The molecule has 3 aromatic carbocycles. The van der Waals surface area contributed by atoms with Crippen LogP contribution in [-0.4, -0.2) is 31.1 Å². The van der Waals surface area contributed by atoms with E-state index < -0.39 is 29.5 Å². The number of carbonyl (C=O) groups excluding carboxylic acids is 3. The Morgan fingerprint density at radius 3 is 2.31 bits per heavy atom. The third-order valence-electron chi connectivity index (χ3n) is 4.45. The van der Waals surface area contributed by atoms with Crippen molar-refractivity contribution in [2.24, 2.45) is 5.10 Å². The van der Waals surface area contributed by atoms with Gasteiger partial charge in [0.2, 0.25) is 0 Å². The largest absolute Gasteiger partial charge is 0.496 e. The van der Waals surface area contributed by atoms with Crippen LogP contribution in [0.25, 0.3) is 0 Å². The number of nitrogens with one attached hydrogen (secondary N) is 2. The molecule has 2 amide bonds. The summed E-state index contributed by atoms with van der Waals surface area (Å²) in [6.45, 7) is 0. The molecule has 0 aromatic heterocycles. The van der Waals surface area contributed by atoms with Gasteiger partial charge in [-0.1, -0.05) is 24.3 Å². The molecule has 0 bridgehead atoms. The number of anilines is 1. The molecule has 0 aliphatic rings. The van der Waals surface area contributed by atoms with E-state index in [1.54, 1.807) is 42.5 Å². The summed E-state index contributed by atoms with van der Waals surface area (Å²) in [6, 6.07) is 16.4. The van der Waals surface area contributed by atoms with E-state index in [9.17, 15) is 27.6 Å². The monoisotopic (exact) mass is 485 g/mol. The summed E-state index contributed by atoms with van der Waals surface area (Å²) in [5.41, 5.74) is 1.80. The zero-order valence-electron chi connectivity index (χ0n) is 18.1. The van der Waals surface area contributed by atoms with Gasteiger partial charge >= 0.3 is 24.0 Å². The summed E-state index contributed by atoms with van der Waals surface area (Å²) in [4.78, 5) is 36.2. The molecule has 0 aliphatic heterocycles. The van der Waals surface area contributed by atoms with Crippen molar-refractivity contribution in [3.8, 4) is 11.5 Å². The molecule has 2 N–H and O–H groups in total. The first-order valence-electron chi connectivity index (χ1n) is 9.94. The van der Waals surface area contributed by atoms with E-state index in [0.717, 1.165) is 24.3 Å². The Hall–Kier alpha value is -4.67. The molecule has 0 aliphatic carbocycles. The van der Waals surface area contributed by atoms with Gasteiger partial charge in [-0.25, -0.2) is 10.2 Å². The summed E-state index contributed by atoms with van der Waals surface area (Å²) in [5.74, 6) is -2.34. The quantitative estimate of drug-likeness (QED) is 0.180. The zero-order chi connectivity index (χ0) is 25.4. The standard InChI is InChI=1S/C24H18F3N3O5/c1-34-20-8-3-2-7-19(20)23(33)35-18-6-4-5-15(13-18)14-28-30-22(32)21(31)29-17-11-9-16(10-12-17)24(25,26)27/h2-14H,1H3,(H,29,31)(H,30,32). The summed E-state index contributed by atoms with van der Waals surface area (Å²) >= 11 is 0. The van der Waals surface area contributed by atoms with E-state index in [4.69, 9.17) is 9.47 Å². The number of halogens is 3. The van der Waals surface area contributed by atoms with Gasteiger partial charge in [0.25, 0.3) is 0 Å². The molecule has 3 aromatic rings. The second-order valence-corrected chi connectivity index (χ2v) is 6.89. The van der Waals surface area contributed by atoms with Crippen LogP contribution in [-0.2, 0) is 15.8 Å². The maximum atomic E-state index is 12.6. The smallest absolute Gasteiger partial charge is 0.416 e. The summed E-state index contributed by atoms with van der Waals surface area (Å²) in [7, 11) is 1.43. The van der Waals surface area contributed by atoms with Crippen LogP contribution < -0.4 is 20.2 Å². The molecular formula is C24H18F3N3O5. The molecule has 0 radical (unpaired) electrons. The van der Waals surface area contributed by atoms with Crippen molar-refractivity contribution in [3.63, 3.8) is 0 Å². The Bertz CT molecular complexity index is 1260. The van der Waals surface area contributed by atoms with Gasteiger partial charge in [-0.2, -0.15) is 18.3 Å². The lowest BCUT2D eigenvalue weighted by Gasteiger charge is -2.08. The van der Waals surface area contributed by atoms with Crippen LogP contribution >= 0.6 is 0 Å². The maximum absolute atomic E-state index is 12.6. The molecule has 0 atom stereocenters. The first kappa shape index (κ1) is 25.0. The molecule has 180 valence electrons. The Kier molecular flexibility index (Phi) is 7.82. The number of hydrazone groups is 1. The normalized spacial score (nSPS) is 11.1. The van der Waals surface area contributed by atoms with E-state index in [1.165, 1.54) is 19.4 Å². The number of hydrogen-bond acceptors (Lipinski definition) is 6. The lowest BCUT2D eigenvalue weighted by Crippen LogP contribution is -2.32. The predicted octanol–water partition coefficient (Wildman–Crippen LogP) is 4.02. The Morgan fingerprint density at radius 1 is 0.914 bits per heavy atom. The van der Waals surface area contributed by atoms with Crippen LogP contribution in [0.3, 0.4) is 0 Å². The third kappa shape index (κ3) is 6.90. The lowest BCUT2D eigenvalue weighted by molar-refractivity contribution is -0.137. The fourth-order valence-electron chi connectivity index (χ4n) is 2.78. The van der Waals surface area contributed by atoms with Crippen molar-refractivity contribution >= 4 is 29.7 Å². The fourth-order valence-corrected chi connectivity index (χ4v) is 2.78. The molecule has 0 fully saturated rings. The molecular weight excluding hydrogens is 467 g/mol. The highest BCUT2D eigenvalue weighted by Crippen LogP contribution is 2.29. The number of nitrogens with zero attached hydrogens (tertiary/aromatic N) is 1. The van der Waals surface area contributed by atoms with E-state index in [2.05, 4.69) is 10.4 Å². The molecule has 0 saturated carbocycles. The van der Waals surface area contributed by atoms with Crippen molar-refractivity contribution in [2.75, 3.05) is 12.4 Å². The molecule has 3 rings (SSSR count). The molecule has 0 spiro atoms. The van der Waals surface area contributed by atoms with Crippen LogP contribution in [0, 0.1) is 0 Å². The minimum Gasteiger partial charge on any atom is -0.496 e. The fraction of sp³-hybridized carbons (Fsp3) is 0.0833. The van der Waals surface area contributed by atoms with E-state index in [-0.39, 0.29) is 17.0 Å². The summed E-state index contributed by atoms with van der Waals surface area (Å²) in [6.07, 6.45) is -3.30. The topological polar surface area (TPSA) is 106 Å². The summed E-state index contributed by atoms with van der Waals surface area (Å²) < 4.78 is 48.2. The molecule has 0 unspecified atom stereocenters. The Labute approximate surface area is 197 Å². The highest BCUT2D eigenvalue weighted by molar-refractivity contribution is 6.39. The van der Waals surface area contributed by atoms with Crippen molar-refractivity contribution in [2.45, 2.75) is 6.18 Å². The number of amides is 2. The van der Waals surface area contributed by atoms with Crippen molar-refractivity contribution in [1.29, 1.82) is 0 Å². The zero-order valence-corrected chi connectivity index (χ0v) is 18.1. The van der Waals surface area contributed by atoms with Crippen molar-refractivity contribution in [3.05, 3.63) is 89.5 Å². The average molecular weight is 485 g/mol. The maximum Gasteiger partial charge on any atom is 0.416 e. The summed E-state index contributed by atoms with van der Waals surface area (Å²) in [5, 5.41) is 5.83. The van der Waals surface area contributed by atoms with Gasteiger partial charge in [0, 0.05) is 5.69 Å². The number of esters is 1. The van der Waals surface area contributed by atoms with Crippen LogP contribution in [0.15, 0.2) is 77.9 Å². The molecule has 0 saturated heterocycles. The molecule has 11 heteroatoms. The molecule has 0 heterocycles. The van der Waals surface area contributed by atoms with E-state index in [0.29, 0.717) is 11.3 Å². The van der Waals surface area contributed by atoms with Crippen LogP contribution in [0.5, 0.6) is 11.5 Å². The number of alkyl halides is 3. The molecule has 35 heavy (non-hydrogen) atoms. The minimum absolute atomic E-state index is 0.00620. The number of carbonyl (C=O) groups is 3. The lowest BCUT2D eigenvalue weighted by atomic mass is 10.2. The number of methoxy groups -OCH3 is 1. The van der Waals surface area contributed by atoms with Gasteiger partial charge in [-0.15, -0.1) is 0 Å². The van der Waals surface area contributed by atoms with E-state index in [1.807, 2.05) is 5.43 Å². The van der Waals surface area contributed by atoms with Gasteiger partial charge < -0.3 is 14.8 Å². The van der Waals surface area contributed by atoms with Crippen molar-refractivity contribution in [1.82, 2.24) is 5.43 Å². The number of para-hydroxylation sites is 1. The second kappa shape index (κ2) is 11.0. The van der Waals surface area contributed by atoms with Crippen LogP contribution in [0.2, 0.25) is 0 Å². The SMILES string of the molecule is COc1ccccc1C(=O)Oc1cccc(C=NNC(=O)C(=O)Nc2ccc(C(F)(F)F)cc2)c1. The van der Waals surface area contributed by atoms with Gasteiger partial charge in [0.05, 0.1) is 18.9 Å². The third-order valence-corrected chi connectivity index (χ3v) is 4.45. The number of ether oxygens (including phenoxy) is 2. The number of benzene rings is 3. The Morgan fingerprint density at radius 2 is 1.63 bits per heavy atom. The minimum atomic E-state index is -4.52. The highest BCUT2D eigenvalue weighted by Gasteiger charge is 2.30. The number of hydrogen-bond donors (Lipinski definition) is 2. The first-order chi connectivity index (χ1) is 16.7. The van der Waals surface area contributed by atoms with E-state index >= 15 is 0 Å².